The molecule has 0 unspecified atom stereocenters. The van der Waals surface area contributed by atoms with Crippen molar-refractivity contribution in [3.8, 4) is 6.07 Å². The van der Waals surface area contributed by atoms with Crippen molar-refractivity contribution in [1.29, 1.82) is 5.26 Å². The first-order chi connectivity index (χ1) is 16.4. The maximum Gasteiger partial charge on any atom is 0.269 e. The van der Waals surface area contributed by atoms with E-state index in [1.165, 1.54) is 16.7 Å². The number of para-hydroxylation sites is 1. The second kappa shape index (κ2) is 9.98. The van der Waals surface area contributed by atoms with Crippen LogP contribution in [-0.2, 0) is 16.0 Å². The normalized spacial score (nSPS) is 16.8. The summed E-state index contributed by atoms with van der Waals surface area (Å²) in [5.41, 5.74) is 5.29. The van der Waals surface area contributed by atoms with E-state index in [1.807, 2.05) is 93.6 Å². The molecular weight excluding hydrogens is 442 g/mol. The molecule has 1 saturated heterocycles. The van der Waals surface area contributed by atoms with Crippen LogP contribution in [0, 0.1) is 32.1 Å². The Morgan fingerprint density at radius 2 is 1.68 bits per heavy atom. The molecule has 4 rings (SSSR count). The van der Waals surface area contributed by atoms with Gasteiger partial charge in [0.1, 0.15) is 16.7 Å². The molecule has 0 bridgehead atoms. The smallest absolute Gasteiger partial charge is 0.269 e. The second-order valence-corrected chi connectivity index (χ2v) is 9.56. The Morgan fingerprint density at radius 1 is 1.00 bits per heavy atom. The molecule has 0 aromatic heterocycles. The van der Waals surface area contributed by atoms with Crippen molar-refractivity contribution in [2.75, 3.05) is 10.2 Å². The van der Waals surface area contributed by atoms with Gasteiger partial charge in [0.2, 0.25) is 5.91 Å². The molecule has 1 N–H and O–H groups in total. The number of anilines is 2. The fraction of sp³-hybridized carbons (Fsp3) is 0.179. The maximum absolute atomic E-state index is 13.5. The van der Waals surface area contributed by atoms with Crippen molar-refractivity contribution >= 4 is 35.0 Å². The Bertz CT molecular complexity index is 1310. The SMILES string of the molecule is Cc1ccc(C[C@H]2S/C(=C(/C#N)C(=O)Nc3cc(C)ccc3C)N(c3ccccc3)C2=O)cc1. The number of hydrogen-bond donors (Lipinski definition) is 1. The van der Waals surface area contributed by atoms with Crippen LogP contribution in [0.5, 0.6) is 0 Å². The molecule has 1 heterocycles. The molecule has 1 aliphatic rings. The minimum absolute atomic E-state index is 0.0745. The molecular formula is C28H25N3O2S. The summed E-state index contributed by atoms with van der Waals surface area (Å²) in [4.78, 5) is 28.3. The first-order valence-electron chi connectivity index (χ1n) is 11.0. The number of nitrogens with one attached hydrogen (secondary N) is 1. The molecule has 0 saturated carbocycles. The van der Waals surface area contributed by atoms with E-state index in [9.17, 15) is 14.9 Å². The lowest BCUT2D eigenvalue weighted by atomic mass is 10.1. The quantitative estimate of drug-likeness (QED) is 0.387. The fourth-order valence-corrected chi connectivity index (χ4v) is 5.10. The third-order valence-corrected chi connectivity index (χ3v) is 6.97. The Balaban J connectivity index is 1.72. The molecule has 6 heteroatoms. The summed E-state index contributed by atoms with van der Waals surface area (Å²) in [7, 11) is 0. The number of hydrogen-bond acceptors (Lipinski definition) is 4. The van der Waals surface area contributed by atoms with Gasteiger partial charge in [-0.1, -0.05) is 71.9 Å². The maximum atomic E-state index is 13.5. The number of aryl methyl sites for hydroxylation is 3. The molecule has 34 heavy (non-hydrogen) atoms. The standard InChI is InChI=1S/C28H25N3O2S/c1-18-10-13-21(14-11-18)16-25-27(33)31(22-7-5-4-6-8-22)28(34-25)23(17-29)26(32)30-24-15-19(2)9-12-20(24)3/h4-15,25H,16H2,1-3H3,(H,30,32)/b28-23-/t25-/m1/s1. The van der Waals surface area contributed by atoms with E-state index in [1.54, 1.807) is 0 Å². The highest BCUT2D eigenvalue weighted by molar-refractivity contribution is 8.05. The lowest BCUT2D eigenvalue weighted by molar-refractivity contribution is -0.117. The van der Waals surface area contributed by atoms with Crippen LogP contribution < -0.4 is 10.2 Å². The van der Waals surface area contributed by atoms with Gasteiger partial charge in [-0.15, -0.1) is 0 Å². The molecule has 0 radical (unpaired) electrons. The summed E-state index contributed by atoms with van der Waals surface area (Å²) >= 11 is 1.27. The highest BCUT2D eigenvalue weighted by atomic mass is 32.2. The zero-order valence-electron chi connectivity index (χ0n) is 19.3. The number of carbonyl (C=O) groups is 2. The van der Waals surface area contributed by atoms with Crippen LogP contribution >= 0.6 is 11.8 Å². The van der Waals surface area contributed by atoms with Crippen LogP contribution in [0.3, 0.4) is 0 Å². The number of thioether (sulfide) groups is 1. The number of nitrogens with zero attached hydrogens (tertiary/aromatic N) is 2. The van der Waals surface area contributed by atoms with E-state index in [4.69, 9.17) is 0 Å². The largest absolute Gasteiger partial charge is 0.321 e. The Hall–Kier alpha value is -3.82. The highest BCUT2D eigenvalue weighted by Gasteiger charge is 2.40. The minimum atomic E-state index is -0.525. The predicted molar refractivity (Wildman–Crippen MR) is 137 cm³/mol. The topological polar surface area (TPSA) is 73.2 Å². The lowest BCUT2D eigenvalue weighted by Gasteiger charge is -2.19. The zero-order chi connectivity index (χ0) is 24.2. The van der Waals surface area contributed by atoms with E-state index in [0.29, 0.717) is 22.8 Å². The van der Waals surface area contributed by atoms with E-state index in [-0.39, 0.29) is 11.5 Å². The van der Waals surface area contributed by atoms with Gasteiger partial charge in [-0.3, -0.25) is 14.5 Å². The third-order valence-electron chi connectivity index (χ3n) is 5.70. The summed E-state index contributed by atoms with van der Waals surface area (Å²) in [6, 6.07) is 25.0. The van der Waals surface area contributed by atoms with Gasteiger partial charge in [0, 0.05) is 11.4 Å². The molecule has 5 nitrogen and oxygen atoms in total. The first kappa shape index (κ1) is 23.3. The minimum Gasteiger partial charge on any atom is -0.321 e. The molecule has 1 fully saturated rings. The van der Waals surface area contributed by atoms with Gasteiger partial charge in [0.15, 0.2) is 0 Å². The number of rotatable bonds is 5. The van der Waals surface area contributed by atoms with E-state index in [0.717, 1.165) is 22.3 Å². The molecule has 0 aliphatic carbocycles. The Kier molecular flexibility index (Phi) is 6.85. The highest BCUT2D eigenvalue weighted by Crippen LogP contribution is 2.42. The Labute approximate surface area is 204 Å². The van der Waals surface area contributed by atoms with Gasteiger partial charge in [0.05, 0.1) is 5.25 Å². The van der Waals surface area contributed by atoms with E-state index >= 15 is 0 Å². The zero-order valence-corrected chi connectivity index (χ0v) is 20.1. The van der Waals surface area contributed by atoms with Crippen molar-refractivity contribution < 1.29 is 9.59 Å². The van der Waals surface area contributed by atoms with Crippen molar-refractivity contribution in [3.05, 3.63) is 106 Å². The van der Waals surface area contributed by atoms with Crippen molar-refractivity contribution in [3.63, 3.8) is 0 Å². The summed E-state index contributed by atoms with van der Waals surface area (Å²) in [6.45, 7) is 5.86. The predicted octanol–water partition coefficient (Wildman–Crippen LogP) is 5.68. The molecule has 0 spiro atoms. The number of nitriles is 1. The van der Waals surface area contributed by atoms with Crippen LogP contribution in [0.2, 0.25) is 0 Å². The number of benzene rings is 3. The molecule has 1 aliphatic heterocycles. The summed E-state index contributed by atoms with van der Waals surface area (Å²) in [5.74, 6) is -0.664. The van der Waals surface area contributed by atoms with Crippen LogP contribution in [0.15, 0.2) is 83.4 Å². The van der Waals surface area contributed by atoms with Crippen molar-refractivity contribution in [2.45, 2.75) is 32.4 Å². The van der Waals surface area contributed by atoms with Crippen LogP contribution in [-0.4, -0.2) is 17.1 Å². The van der Waals surface area contributed by atoms with E-state index < -0.39 is 11.2 Å². The van der Waals surface area contributed by atoms with E-state index in [2.05, 4.69) is 11.4 Å². The average Bonchev–Trinajstić information content (AvgIpc) is 3.14. The summed E-state index contributed by atoms with van der Waals surface area (Å²) in [6.07, 6.45) is 0.508. The third kappa shape index (κ3) is 4.90. The van der Waals surface area contributed by atoms with Gasteiger partial charge >= 0.3 is 0 Å². The number of amides is 2. The van der Waals surface area contributed by atoms with Crippen molar-refractivity contribution in [1.82, 2.24) is 0 Å². The summed E-state index contributed by atoms with van der Waals surface area (Å²) < 4.78 is 0. The van der Waals surface area contributed by atoms with Gasteiger partial charge in [0.25, 0.3) is 5.91 Å². The van der Waals surface area contributed by atoms with Gasteiger partial charge in [-0.05, 0) is 62.1 Å². The fourth-order valence-electron chi connectivity index (χ4n) is 3.79. The van der Waals surface area contributed by atoms with Crippen molar-refractivity contribution in [2.24, 2.45) is 0 Å². The average molecular weight is 468 g/mol. The molecule has 170 valence electrons. The molecule has 1 atom stereocenters. The summed E-state index contributed by atoms with van der Waals surface area (Å²) in [5, 5.41) is 12.8. The lowest BCUT2D eigenvalue weighted by Crippen LogP contribution is -2.30. The first-order valence-corrected chi connectivity index (χ1v) is 11.9. The van der Waals surface area contributed by atoms with Gasteiger partial charge < -0.3 is 5.32 Å². The monoisotopic (exact) mass is 467 g/mol. The van der Waals surface area contributed by atoms with Crippen LogP contribution in [0.25, 0.3) is 0 Å². The van der Waals surface area contributed by atoms with Crippen LogP contribution in [0.1, 0.15) is 22.3 Å². The second-order valence-electron chi connectivity index (χ2n) is 8.37. The molecule has 3 aromatic rings. The molecule has 2 amide bonds. The van der Waals surface area contributed by atoms with Gasteiger partial charge in [-0.2, -0.15) is 5.26 Å². The van der Waals surface area contributed by atoms with Gasteiger partial charge in [-0.25, -0.2) is 0 Å². The van der Waals surface area contributed by atoms with Crippen LogP contribution in [0.4, 0.5) is 11.4 Å². The Morgan fingerprint density at radius 3 is 2.35 bits per heavy atom. The number of carbonyl (C=O) groups excluding carboxylic acids is 2. The molecule has 3 aromatic carbocycles.